The minimum Gasteiger partial charge on any atom is -0.416 e. The number of hydrogen-bond acceptors (Lipinski definition) is 10. The first-order valence-corrected chi connectivity index (χ1v) is 12.1. The van der Waals surface area contributed by atoms with E-state index in [0.717, 1.165) is 11.6 Å². The van der Waals surface area contributed by atoms with Gasteiger partial charge in [0.15, 0.2) is 0 Å². The molecule has 0 saturated carbocycles. The molecule has 1 atom stereocenters. The predicted molar refractivity (Wildman–Crippen MR) is 140 cm³/mol. The normalized spacial score (nSPS) is 14.3. The molecule has 0 fully saturated rings. The highest BCUT2D eigenvalue weighted by Crippen LogP contribution is 2.36. The van der Waals surface area contributed by atoms with Crippen LogP contribution < -0.4 is 16.0 Å². The van der Waals surface area contributed by atoms with E-state index >= 15 is 0 Å². The molecule has 3 aromatic heterocycles. The van der Waals surface area contributed by atoms with Crippen molar-refractivity contribution in [3.8, 4) is 22.9 Å². The van der Waals surface area contributed by atoms with Gasteiger partial charge in [-0.15, -0.1) is 10.2 Å². The van der Waals surface area contributed by atoms with Crippen molar-refractivity contribution < 1.29 is 23.1 Å². The minimum atomic E-state index is -3.49. The van der Waals surface area contributed by atoms with Crippen molar-refractivity contribution in [3.05, 3.63) is 95.9 Å². The number of fused-ring (bicyclic) bond motifs is 1. The number of alkyl halides is 2. The van der Waals surface area contributed by atoms with Crippen molar-refractivity contribution in [2.75, 3.05) is 17.2 Å². The number of halogens is 2. The van der Waals surface area contributed by atoms with E-state index in [1.807, 2.05) is 30.3 Å². The van der Waals surface area contributed by atoms with Crippen LogP contribution in [0.25, 0.3) is 22.9 Å². The molecule has 13 heteroatoms. The van der Waals surface area contributed by atoms with Crippen molar-refractivity contribution in [3.63, 3.8) is 0 Å². The SMILES string of the molecule is O=C1NC(F)(F)c2cc(Nc3ncc(-c4nnc(-c5cccnc5)o4)c(N[C@H](CO)c4ccccc4)n3)ccc21. The van der Waals surface area contributed by atoms with Crippen molar-refractivity contribution in [1.29, 1.82) is 0 Å². The Hall–Kier alpha value is -5.30. The Kier molecular flexibility index (Phi) is 6.32. The molecule has 2 aromatic carbocycles. The number of benzene rings is 2. The van der Waals surface area contributed by atoms with Crippen LogP contribution in [0.2, 0.25) is 0 Å². The Balaban J connectivity index is 1.36. The first kappa shape index (κ1) is 25.0. The smallest absolute Gasteiger partial charge is 0.353 e. The van der Waals surface area contributed by atoms with E-state index in [-0.39, 0.29) is 41.4 Å². The quantitative estimate of drug-likeness (QED) is 0.209. The highest BCUT2D eigenvalue weighted by Gasteiger charge is 2.44. The van der Waals surface area contributed by atoms with E-state index < -0.39 is 23.6 Å². The number of nitrogens with zero attached hydrogens (tertiary/aromatic N) is 5. The summed E-state index contributed by atoms with van der Waals surface area (Å²) in [4.78, 5) is 24.7. The Morgan fingerprint density at radius 2 is 1.82 bits per heavy atom. The van der Waals surface area contributed by atoms with Crippen LogP contribution in [-0.4, -0.2) is 42.8 Å². The van der Waals surface area contributed by atoms with Gasteiger partial charge in [0, 0.05) is 24.3 Å². The van der Waals surface area contributed by atoms with E-state index in [4.69, 9.17) is 4.42 Å². The van der Waals surface area contributed by atoms with Gasteiger partial charge in [0.1, 0.15) is 5.82 Å². The van der Waals surface area contributed by atoms with E-state index in [2.05, 4.69) is 35.8 Å². The molecule has 5 aromatic rings. The number of carbonyl (C=O) groups is 1. The van der Waals surface area contributed by atoms with Gasteiger partial charge in [0.25, 0.3) is 11.8 Å². The fraction of sp³-hybridized carbons (Fsp3) is 0.111. The second-order valence-corrected chi connectivity index (χ2v) is 8.81. The summed E-state index contributed by atoms with van der Waals surface area (Å²) in [5.74, 6) is -0.201. The van der Waals surface area contributed by atoms with Gasteiger partial charge < -0.3 is 20.2 Å². The standard InChI is InChI=1S/C27H20F2N8O3/c28-27(29)20-11-17(8-9-18(20)23(39)35-27)32-26-31-13-19(25-37-36-24(40-25)16-7-4-10-30-12-16)22(34-26)33-21(14-38)15-5-2-1-3-6-15/h1-13,21,38H,14H2,(H,35,39)(H2,31,32,33,34)/t21-/m1/s1. The molecule has 0 spiro atoms. The zero-order chi connectivity index (χ0) is 27.7. The number of amides is 1. The predicted octanol–water partition coefficient (Wildman–Crippen LogP) is 4.27. The third kappa shape index (κ3) is 4.80. The van der Waals surface area contributed by atoms with Crippen molar-refractivity contribution in [2.24, 2.45) is 0 Å². The van der Waals surface area contributed by atoms with Gasteiger partial charge in [-0.3, -0.25) is 15.1 Å². The number of carbonyl (C=O) groups excluding carboxylic acids is 1. The third-order valence-corrected chi connectivity index (χ3v) is 6.18. The maximum atomic E-state index is 14.2. The Morgan fingerprint density at radius 3 is 2.60 bits per heavy atom. The fourth-order valence-corrected chi connectivity index (χ4v) is 4.22. The lowest BCUT2D eigenvalue weighted by Crippen LogP contribution is -2.29. The average Bonchev–Trinajstić information content (AvgIpc) is 3.55. The number of aliphatic hydroxyl groups is 1. The molecule has 11 nitrogen and oxygen atoms in total. The molecule has 4 N–H and O–H groups in total. The van der Waals surface area contributed by atoms with Crippen molar-refractivity contribution in [1.82, 2.24) is 30.5 Å². The summed E-state index contributed by atoms with van der Waals surface area (Å²) >= 11 is 0. The van der Waals surface area contributed by atoms with E-state index in [9.17, 15) is 18.7 Å². The topological polar surface area (TPSA) is 151 Å². The summed E-state index contributed by atoms with van der Waals surface area (Å²) in [7, 11) is 0. The molecule has 0 radical (unpaired) electrons. The second-order valence-electron chi connectivity index (χ2n) is 8.81. The monoisotopic (exact) mass is 542 g/mol. The highest BCUT2D eigenvalue weighted by atomic mass is 19.3. The number of hydrogen-bond donors (Lipinski definition) is 4. The largest absolute Gasteiger partial charge is 0.416 e. The first-order chi connectivity index (χ1) is 19.4. The zero-order valence-corrected chi connectivity index (χ0v) is 20.5. The summed E-state index contributed by atoms with van der Waals surface area (Å²) in [6, 6.07) is 12.6. The fourth-order valence-electron chi connectivity index (χ4n) is 4.22. The molecule has 6 rings (SSSR count). The van der Waals surface area contributed by atoms with Crippen LogP contribution in [-0.2, 0) is 6.05 Å². The number of nitrogens with one attached hydrogen (secondary N) is 3. The summed E-state index contributed by atoms with van der Waals surface area (Å²) in [5, 5.41) is 26.1. The molecule has 1 amide bonds. The lowest BCUT2D eigenvalue weighted by atomic mass is 10.1. The second kappa shape index (κ2) is 10.1. The molecule has 0 bridgehead atoms. The number of anilines is 3. The van der Waals surface area contributed by atoms with Gasteiger partial charge >= 0.3 is 6.05 Å². The maximum absolute atomic E-state index is 14.2. The van der Waals surface area contributed by atoms with Crippen LogP contribution in [0.1, 0.15) is 27.5 Å². The lowest BCUT2D eigenvalue weighted by molar-refractivity contribution is -0.0241. The van der Waals surface area contributed by atoms with Crippen LogP contribution in [0.15, 0.2) is 83.7 Å². The Morgan fingerprint density at radius 1 is 1.00 bits per heavy atom. The van der Waals surface area contributed by atoms with Gasteiger partial charge in [-0.1, -0.05) is 30.3 Å². The Bertz CT molecular complexity index is 1680. The van der Waals surface area contributed by atoms with E-state index in [1.165, 1.54) is 18.3 Å². The van der Waals surface area contributed by atoms with Gasteiger partial charge in [0.05, 0.1) is 34.9 Å². The molecule has 1 aliphatic rings. The van der Waals surface area contributed by atoms with Crippen molar-refractivity contribution in [2.45, 2.75) is 12.1 Å². The van der Waals surface area contributed by atoms with Crippen molar-refractivity contribution >= 4 is 23.4 Å². The molecular weight excluding hydrogens is 522 g/mol. The van der Waals surface area contributed by atoms with Crippen LogP contribution in [0.5, 0.6) is 0 Å². The van der Waals surface area contributed by atoms with E-state index in [0.29, 0.717) is 11.1 Å². The lowest BCUT2D eigenvalue weighted by Gasteiger charge is -2.19. The number of aromatic nitrogens is 5. The Labute approximate surface area is 225 Å². The van der Waals surface area contributed by atoms with Crippen LogP contribution in [0, 0.1) is 0 Å². The average molecular weight is 543 g/mol. The molecule has 0 aliphatic carbocycles. The molecule has 0 saturated heterocycles. The third-order valence-electron chi connectivity index (χ3n) is 6.18. The number of pyridine rings is 1. The molecule has 40 heavy (non-hydrogen) atoms. The van der Waals surface area contributed by atoms with Crippen LogP contribution in [0.3, 0.4) is 0 Å². The molecule has 1 aliphatic heterocycles. The molecular formula is C27H20F2N8O3. The molecule has 0 unspecified atom stereocenters. The summed E-state index contributed by atoms with van der Waals surface area (Å²) in [6.07, 6.45) is 4.64. The van der Waals surface area contributed by atoms with Gasteiger partial charge in [-0.05, 0) is 35.9 Å². The zero-order valence-electron chi connectivity index (χ0n) is 20.5. The van der Waals surface area contributed by atoms with Gasteiger partial charge in [-0.2, -0.15) is 13.8 Å². The minimum absolute atomic E-state index is 0.0588. The number of rotatable bonds is 8. The van der Waals surface area contributed by atoms with Gasteiger partial charge in [-0.25, -0.2) is 4.98 Å². The molecule has 4 heterocycles. The first-order valence-electron chi connectivity index (χ1n) is 12.1. The highest BCUT2D eigenvalue weighted by molar-refractivity contribution is 6.00. The van der Waals surface area contributed by atoms with Gasteiger partial charge in [0.2, 0.25) is 11.8 Å². The van der Waals surface area contributed by atoms with E-state index in [1.54, 1.807) is 29.8 Å². The maximum Gasteiger partial charge on any atom is 0.353 e. The summed E-state index contributed by atoms with van der Waals surface area (Å²) in [6.45, 7) is -0.262. The summed E-state index contributed by atoms with van der Waals surface area (Å²) < 4.78 is 34.3. The van der Waals surface area contributed by atoms with Crippen LogP contribution in [0.4, 0.5) is 26.2 Å². The van der Waals surface area contributed by atoms with Crippen LogP contribution >= 0.6 is 0 Å². The number of aliphatic hydroxyl groups excluding tert-OH is 1. The molecule has 200 valence electrons. The summed E-state index contributed by atoms with van der Waals surface area (Å²) in [5.41, 5.74) is 1.45.